The molecule has 0 bridgehead atoms. The van der Waals surface area contributed by atoms with Crippen LogP contribution in [-0.2, 0) is 12.8 Å². The van der Waals surface area contributed by atoms with Crippen molar-refractivity contribution in [3.8, 4) is 0 Å². The van der Waals surface area contributed by atoms with Gasteiger partial charge in [0.1, 0.15) is 0 Å². The van der Waals surface area contributed by atoms with Gasteiger partial charge in [0.05, 0.1) is 6.04 Å². The van der Waals surface area contributed by atoms with Gasteiger partial charge in [-0.1, -0.05) is 36.8 Å². The molecule has 0 aliphatic carbocycles. The first-order valence-corrected chi connectivity index (χ1v) is 7.20. The average Bonchev–Trinajstić information content (AvgIpc) is 2.84. The first-order valence-electron chi connectivity index (χ1n) is 6.32. The molecule has 2 aromatic rings. The van der Waals surface area contributed by atoms with Gasteiger partial charge >= 0.3 is 0 Å². The van der Waals surface area contributed by atoms with Crippen LogP contribution in [0.4, 0.5) is 0 Å². The third-order valence-electron chi connectivity index (χ3n) is 3.20. The van der Waals surface area contributed by atoms with Crippen LogP contribution in [0.5, 0.6) is 0 Å². The number of thiophene rings is 1. The van der Waals surface area contributed by atoms with Crippen molar-refractivity contribution in [2.45, 2.75) is 32.7 Å². The maximum Gasteiger partial charge on any atom is 0.0596 e. The second kappa shape index (κ2) is 6.14. The van der Waals surface area contributed by atoms with E-state index < -0.39 is 0 Å². The van der Waals surface area contributed by atoms with Crippen LogP contribution >= 0.6 is 11.3 Å². The Morgan fingerprint density at radius 1 is 1.33 bits per heavy atom. The maximum atomic E-state index is 5.73. The van der Waals surface area contributed by atoms with E-state index in [0.717, 1.165) is 12.8 Å². The topological polar surface area (TPSA) is 38.0 Å². The Bertz CT molecular complexity index is 505. The molecule has 2 nitrogen and oxygen atoms in total. The summed E-state index contributed by atoms with van der Waals surface area (Å²) in [5.41, 5.74) is 6.98. The highest BCUT2D eigenvalue weighted by Crippen LogP contribution is 2.27. The fraction of sp³-hybridized carbons (Fsp3) is 0.333. The molecule has 3 heteroatoms. The highest BCUT2D eigenvalue weighted by molar-refractivity contribution is 7.10. The van der Waals surface area contributed by atoms with Crippen LogP contribution in [0.3, 0.4) is 0 Å². The van der Waals surface area contributed by atoms with Crippen molar-refractivity contribution < 1.29 is 0 Å². The third kappa shape index (κ3) is 2.99. The van der Waals surface area contributed by atoms with Gasteiger partial charge in [0.2, 0.25) is 0 Å². The first kappa shape index (κ1) is 13.3. The zero-order valence-corrected chi connectivity index (χ0v) is 11.8. The number of rotatable bonds is 5. The van der Waals surface area contributed by atoms with Crippen molar-refractivity contribution in [2.75, 3.05) is 0 Å². The summed E-state index contributed by atoms with van der Waals surface area (Å²) in [6.45, 7) is 4.31. The molecule has 1 heterocycles. The number of hydrogen-bond acceptors (Lipinski definition) is 3. The molecule has 0 amide bonds. The standard InChI is InChI=1S/C15H20N2S/c1-3-13-7-8-18-15(13)14(17-16)10-12-6-4-5-11(2)9-12/h4-9,14,17H,3,10,16H2,1-2H3. The van der Waals surface area contributed by atoms with E-state index in [1.165, 1.54) is 21.6 Å². The molecule has 2 rings (SSSR count). The fourth-order valence-electron chi connectivity index (χ4n) is 2.25. The van der Waals surface area contributed by atoms with Crippen molar-refractivity contribution in [3.63, 3.8) is 0 Å². The number of hydrazine groups is 1. The van der Waals surface area contributed by atoms with Crippen LogP contribution in [0.25, 0.3) is 0 Å². The smallest absolute Gasteiger partial charge is 0.0596 e. The van der Waals surface area contributed by atoms with Crippen molar-refractivity contribution in [1.29, 1.82) is 0 Å². The Hall–Kier alpha value is -1.16. The van der Waals surface area contributed by atoms with Crippen LogP contribution in [-0.4, -0.2) is 0 Å². The molecular formula is C15H20N2S. The molecular weight excluding hydrogens is 240 g/mol. The van der Waals surface area contributed by atoms with Crippen molar-refractivity contribution in [1.82, 2.24) is 5.43 Å². The summed E-state index contributed by atoms with van der Waals surface area (Å²) in [6.07, 6.45) is 2.00. The maximum absolute atomic E-state index is 5.73. The molecule has 0 fully saturated rings. The van der Waals surface area contributed by atoms with Gasteiger partial charge in [-0.3, -0.25) is 11.3 Å². The molecule has 1 aromatic heterocycles. The van der Waals surface area contributed by atoms with E-state index in [0.29, 0.717) is 0 Å². The zero-order valence-electron chi connectivity index (χ0n) is 10.9. The molecule has 0 saturated heterocycles. The average molecular weight is 260 g/mol. The van der Waals surface area contributed by atoms with Gasteiger partial charge in [-0.2, -0.15) is 0 Å². The van der Waals surface area contributed by atoms with Gasteiger partial charge in [0.15, 0.2) is 0 Å². The van der Waals surface area contributed by atoms with Crippen LogP contribution < -0.4 is 11.3 Å². The summed E-state index contributed by atoms with van der Waals surface area (Å²) in [5.74, 6) is 5.73. The van der Waals surface area contributed by atoms with Gasteiger partial charge in [-0.15, -0.1) is 11.3 Å². The molecule has 0 spiro atoms. The van der Waals surface area contributed by atoms with E-state index >= 15 is 0 Å². The SMILES string of the molecule is CCc1ccsc1C(Cc1cccc(C)c1)NN. The van der Waals surface area contributed by atoms with Crippen LogP contribution in [0.15, 0.2) is 35.7 Å². The summed E-state index contributed by atoms with van der Waals surface area (Å²) in [5, 5.41) is 2.15. The molecule has 1 atom stereocenters. The predicted octanol–water partition coefficient (Wildman–Crippen LogP) is 3.37. The lowest BCUT2D eigenvalue weighted by atomic mass is 10.0. The van der Waals surface area contributed by atoms with E-state index in [9.17, 15) is 0 Å². The van der Waals surface area contributed by atoms with Crippen LogP contribution in [0.2, 0.25) is 0 Å². The summed E-state index contributed by atoms with van der Waals surface area (Å²) in [7, 11) is 0. The Labute approximate surface area is 113 Å². The quantitative estimate of drug-likeness (QED) is 0.639. The Morgan fingerprint density at radius 2 is 2.17 bits per heavy atom. The molecule has 1 aromatic carbocycles. The van der Waals surface area contributed by atoms with Gasteiger partial charge in [-0.25, -0.2) is 0 Å². The lowest BCUT2D eigenvalue weighted by Crippen LogP contribution is -2.29. The second-order valence-corrected chi connectivity index (χ2v) is 5.52. The van der Waals surface area contributed by atoms with E-state index in [4.69, 9.17) is 5.84 Å². The number of benzene rings is 1. The van der Waals surface area contributed by atoms with Gasteiger partial charge in [0, 0.05) is 4.88 Å². The number of nitrogens with one attached hydrogen (secondary N) is 1. The monoisotopic (exact) mass is 260 g/mol. The van der Waals surface area contributed by atoms with Crippen molar-refractivity contribution in [2.24, 2.45) is 5.84 Å². The molecule has 3 N–H and O–H groups in total. The summed E-state index contributed by atoms with van der Waals surface area (Å²) in [4.78, 5) is 1.36. The number of hydrogen-bond donors (Lipinski definition) is 2. The van der Waals surface area contributed by atoms with Gasteiger partial charge in [0.25, 0.3) is 0 Å². The molecule has 0 saturated carbocycles. The molecule has 0 aliphatic heterocycles. The summed E-state index contributed by atoms with van der Waals surface area (Å²) in [6, 6.07) is 11.0. The fourth-order valence-corrected chi connectivity index (χ4v) is 3.31. The molecule has 0 radical (unpaired) electrons. The van der Waals surface area contributed by atoms with Crippen molar-refractivity contribution >= 4 is 11.3 Å². The minimum atomic E-state index is 0.210. The largest absolute Gasteiger partial charge is 0.271 e. The molecule has 1 unspecified atom stereocenters. The Balaban J connectivity index is 2.20. The third-order valence-corrected chi connectivity index (χ3v) is 4.27. The van der Waals surface area contributed by atoms with E-state index in [1.807, 2.05) is 0 Å². The normalized spacial score (nSPS) is 12.6. The van der Waals surface area contributed by atoms with E-state index in [1.54, 1.807) is 11.3 Å². The van der Waals surface area contributed by atoms with E-state index in [-0.39, 0.29) is 6.04 Å². The van der Waals surface area contributed by atoms with Crippen molar-refractivity contribution in [3.05, 3.63) is 57.3 Å². The highest BCUT2D eigenvalue weighted by Gasteiger charge is 2.15. The minimum Gasteiger partial charge on any atom is -0.271 e. The van der Waals surface area contributed by atoms with E-state index in [2.05, 4.69) is 55.0 Å². The lowest BCUT2D eigenvalue weighted by molar-refractivity contribution is 0.557. The molecule has 96 valence electrons. The van der Waals surface area contributed by atoms with Crippen LogP contribution in [0, 0.1) is 6.92 Å². The van der Waals surface area contributed by atoms with Crippen LogP contribution in [0.1, 0.15) is 34.5 Å². The highest BCUT2D eigenvalue weighted by atomic mass is 32.1. The van der Waals surface area contributed by atoms with Gasteiger partial charge in [-0.05, 0) is 42.3 Å². The number of aryl methyl sites for hydroxylation is 2. The molecule has 0 aliphatic rings. The Morgan fingerprint density at radius 3 is 2.83 bits per heavy atom. The Kier molecular flexibility index (Phi) is 4.53. The first-order chi connectivity index (χ1) is 8.74. The minimum absolute atomic E-state index is 0.210. The summed E-state index contributed by atoms with van der Waals surface area (Å²) >= 11 is 1.79. The molecule has 18 heavy (non-hydrogen) atoms. The summed E-state index contributed by atoms with van der Waals surface area (Å²) < 4.78 is 0. The lowest BCUT2D eigenvalue weighted by Gasteiger charge is -2.16. The number of nitrogens with two attached hydrogens (primary N) is 1. The zero-order chi connectivity index (χ0) is 13.0. The predicted molar refractivity (Wildman–Crippen MR) is 78.6 cm³/mol. The van der Waals surface area contributed by atoms with Gasteiger partial charge < -0.3 is 0 Å². The second-order valence-electron chi connectivity index (χ2n) is 4.58.